The van der Waals surface area contributed by atoms with Crippen LogP contribution in [-0.2, 0) is 20.1 Å². The molecule has 0 amide bonds. The average Bonchev–Trinajstić information content (AvgIpc) is 3.48. The molecular formula is C40H25IrN3O-2. The molecule has 0 aliphatic rings. The molecule has 5 aromatic carbocycles. The summed E-state index contributed by atoms with van der Waals surface area (Å²) in [7, 11) is 0. The first-order valence-corrected chi connectivity index (χ1v) is 14.3. The summed E-state index contributed by atoms with van der Waals surface area (Å²) in [5.74, 6) is 0. The van der Waals surface area contributed by atoms with E-state index in [9.17, 15) is 5.26 Å². The van der Waals surface area contributed by atoms with Gasteiger partial charge in [-0.2, -0.15) is 5.26 Å². The van der Waals surface area contributed by atoms with Gasteiger partial charge in [-0.05, 0) is 58.4 Å². The molecule has 0 aliphatic carbocycles. The van der Waals surface area contributed by atoms with Crippen molar-refractivity contribution >= 4 is 32.7 Å². The third-order valence-corrected chi connectivity index (χ3v) is 7.58. The van der Waals surface area contributed by atoms with E-state index in [1.54, 1.807) is 6.20 Å². The largest absolute Gasteiger partial charge is 0.500 e. The molecule has 4 nitrogen and oxygen atoms in total. The van der Waals surface area contributed by atoms with E-state index in [-0.39, 0.29) is 20.1 Å². The van der Waals surface area contributed by atoms with Crippen molar-refractivity contribution in [2.24, 2.45) is 0 Å². The number of pyridine rings is 2. The third-order valence-electron chi connectivity index (χ3n) is 7.58. The van der Waals surface area contributed by atoms with Gasteiger partial charge in [-0.1, -0.05) is 77.7 Å². The molecule has 8 rings (SSSR count). The van der Waals surface area contributed by atoms with Crippen molar-refractivity contribution in [3.63, 3.8) is 0 Å². The standard InChI is InChI=1S/C28H15N2O.C12H10N.Ir/c29-17-21-13-14-23-22-8-5-9-24(25-10-3-4-15-30-25)27(22)31-28(23)26(21)20-12-11-18-6-1-2-7-19(18)16-20;1-10-7-8-12(13-9-10)11-5-3-2-4-6-11;/h1-8,10-16H;2-5,7-9H,1H3;/q2*-1;. The molecular weight excluding hydrogens is 731 g/mol. The Labute approximate surface area is 275 Å². The maximum Gasteiger partial charge on any atom is 0.130 e. The second-order valence-corrected chi connectivity index (χ2v) is 10.4. The van der Waals surface area contributed by atoms with Crippen LogP contribution in [0.25, 0.3) is 66.4 Å². The summed E-state index contributed by atoms with van der Waals surface area (Å²) in [5, 5.41) is 14.1. The molecule has 217 valence electrons. The Morgan fingerprint density at radius 2 is 1.51 bits per heavy atom. The Hall–Kier alpha value is -5.40. The molecule has 3 aromatic heterocycles. The minimum atomic E-state index is 0. The summed E-state index contributed by atoms with van der Waals surface area (Å²) >= 11 is 0. The second-order valence-electron chi connectivity index (χ2n) is 10.4. The van der Waals surface area contributed by atoms with Gasteiger partial charge in [-0.25, -0.2) is 0 Å². The van der Waals surface area contributed by atoms with Crippen molar-refractivity contribution < 1.29 is 24.5 Å². The van der Waals surface area contributed by atoms with E-state index in [0.717, 1.165) is 60.8 Å². The minimum Gasteiger partial charge on any atom is -0.500 e. The van der Waals surface area contributed by atoms with Crippen molar-refractivity contribution in [2.75, 3.05) is 0 Å². The second kappa shape index (κ2) is 13.1. The maximum atomic E-state index is 9.85. The van der Waals surface area contributed by atoms with Gasteiger partial charge in [0.15, 0.2) is 0 Å². The summed E-state index contributed by atoms with van der Waals surface area (Å²) in [6, 6.07) is 48.7. The van der Waals surface area contributed by atoms with Crippen LogP contribution in [0.5, 0.6) is 0 Å². The van der Waals surface area contributed by atoms with E-state index >= 15 is 0 Å². The van der Waals surface area contributed by atoms with E-state index in [4.69, 9.17) is 4.42 Å². The maximum absolute atomic E-state index is 9.85. The average molecular weight is 756 g/mol. The first-order chi connectivity index (χ1) is 21.7. The molecule has 45 heavy (non-hydrogen) atoms. The number of rotatable bonds is 3. The van der Waals surface area contributed by atoms with Gasteiger partial charge in [0, 0.05) is 43.4 Å². The van der Waals surface area contributed by atoms with Crippen molar-refractivity contribution in [1.82, 2.24) is 9.97 Å². The van der Waals surface area contributed by atoms with Crippen LogP contribution in [0.1, 0.15) is 11.1 Å². The van der Waals surface area contributed by atoms with E-state index < -0.39 is 0 Å². The first kappa shape index (κ1) is 29.7. The topological polar surface area (TPSA) is 62.7 Å². The fraction of sp³-hybridized carbons (Fsp3) is 0.0250. The van der Waals surface area contributed by atoms with Gasteiger partial charge in [0.05, 0.1) is 17.2 Å². The summed E-state index contributed by atoms with van der Waals surface area (Å²) in [4.78, 5) is 8.79. The Balaban J connectivity index is 0.000000215. The first-order valence-electron chi connectivity index (χ1n) is 14.3. The Kier molecular flexibility index (Phi) is 8.62. The van der Waals surface area contributed by atoms with Crippen molar-refractivity contribution in [1.29, 1.82) is 5.26 Å². The van der Waals surface area contributed by atoms with Gasteiger partial charge in [0.2, 0.25) is 0 Å². The fourth-order valence-corrected chi connectivity index (χ4v) is 5.41. The van der Waals surface area contributed by atoms with Crippen molar-refractivity contribution in [3.8, 4) is 39.7 Å². The molecule has 5 heteroatoms. The number of aromatic nitrogens is 2. The van der Waals surface area contributed by atoms with E-state index in [1.807, 2.05) is 98.0 Å². The quantitative estimate of drug-likeness (QED) is 0.169. The number of nitrogens with zero attached hydrogens (tertiary/aromatic N) is 3. The van der Waals surface area contributed by atoms with Crippen LogP contribution < -0.4 is 0 Å². The smallest absolute Gasteiger partial charge is 0.130 e. The number of hydrogen-bond donors (Lipinski definition) is 0. The number of aryl methyl sites for hydroxylation is 1. The molecule has 0 saturated carbocycles. The number of hydrogen-bond acceptors (Lipinski definition) is 4. The number of nitriles is 1. The van der Waals surface area contributed by atoms with Gasteiger partial charge < -0.3 is 14.4 Å². The zero-order valence-electron chi connectivity index (χ0n) is 24.3. The van der Waals surface area contributed by atoms with E-state index in [1.165, 1.54) is 5.56 Å². The summed E-state index contributed by atoms with van der Waals surface area (Å²) < 4.78 is 6.46. The van der Waals surface area contributed by atoms with Gasteiger partial charge in [-0.3, -0.25) is 0 Å². The molecule has 0 spiro atoms. The summed E-state index contributed by atoms with van der Waals surface area (Å²) in [6.45, 7) is 2.03. The molecule has 0 aliphatic heterocycles. The van der Waals surface area contributed by atoms with Crippen molar-refractivity contribution in [2.45, 2.75) is 6.92 Å². The monoisotopic (exact) mass is 756 g/mol. The van der Waals surface area contributed by atoms with E-state index in [2.05, 4.69) is 64.6 Å². The summed E-state index contributed by atoms with van der Waals surface area (Å²) in [5.41, 5.74) is 8.63. The molecule has 0 bridgehead atoms. The fourth-order valence-electron chi connectivity index (χ4n) is 5.41. The van der Waals surface area contributed by atoms with Gasteiger partial charge in [-0.15, -0.1) is 54.1 Å². The molecule has 0 unspecified atom stereocenters. The predicted octanol–water partition coefficient (Wildman–Crippen LogP) is 9.99. The number of furan rings is 1. The number of fused-ring (bicyclic) bond motifs is 4. The number of benzene rings is 5. The zero-order chi connectivity index (χ0) is 29.9. The SMILES string of the molecule is Cc1ccc(-c2[c-]cccc2)nc1.N#Cc1ccc2c(oc3c(-c4ccccn4)[c-]ccc32)c1-c1ccc2ccccc2c1.[Ir]. The van der Waals surface area contributed by atoms with E-state index in [0.29, 0.717) is 11.1 Å². The normalized spacial score (nSPS) is 10.6. The molecule has 0 N–H and O–H groups in total. The van der Waals surface area contributed by atoms with Gasteiger partial charge in [0.1, 0.15) is 5.58 Å². The Morgan fingerprint density at radius 3 is 2.27 bits per heavy atom. The molecule has 0 fully saturated rings. The van der Waals surface area contributed by atoms with Gasteiger partial charge in [0.25, 0.3) is 0 Å². The van der Waals surface area contributed by atoms with Crippen LogP contribution in [0, 0.1) is 30.4 Å². The molecule has 3 heterocycles. The predicted molar refractivity (Wildman–Crippen MR) is 177 cm³/mol. The molecule has 8 aromatic rings. The van der Waals surface area contributed by atoms with Gasteiger partial charge >= 0.3 is 0 Å². The van der Waals surface area contributed by atoms with Crippen LogP contribution in [0.15, 0.2) is 138 Å². The molecule has 0 saturated heterocycles. The third kappa shape index (κ3) is 5.90. The van der Waals surface area contributed by atoms with Crippen LogP contribution in [0.2, 0.25) is 0 Å². The molecule has 1 radical (unpaired) electrons. The molecule has 0 atom stereocenters. The summed E-state index contributed by atoms with van der Waals surface area (Å²) in [6.07, 6.45) is 3.63. The van der Waals surface area contributed by atoms with Crippen LogP contribution in [-0.4, -0.2) is 9.97 Å². The van der Waals surface area contributed by atoms with Crippen molar-refractivity contribution in [3.05, 3.63) is 157 Å². The van der Waals surface area contributed by atoms with Crippen LogP contribution >= 0.6 is 0 Å². The Morgan fingerprint density at radius 1 is 0.689 bits per heavy atom. The zero-order valence-corrected chi connectivity index (χ0v) is 26.7. The van der Waals surface area contributed by atoms with Crippen LogP contribution in [0.4, 0.5) is 0 Å². The van der Waals surface area contributed by atoms with Crippen LogP contribution in [0.3, 0.4) is 0 Å². The minimum absolute atomic E-state index is 0. The Bertz CT molecular complexity index is 2290.